The van der Waals surface area contributed by atoms with E-state index in [1.807, 2.05) is 0 Å². The van der Waals surface area contributed by atoms with Crippen LogP contribution in [0.5, 0.6) is 0 Å². The monoisotopic (exact) mass is 333 g/mol. The summed E-state index contributed by atoms with van der Waals surface area (Å²) >= 11 is 0. The highest BCUT2D eigenvalue weighted by Gasteiger charge is 2.27. The zero-order valence-electron chi connectivity index (χ0n) is 13.7. The Balaban J connectivity index is 2.34. The minimum Gasteiger partial charge on any atom is -0.481 e. The van der Waals surface area contributed by atoms with Gasteiger partial charge < -0.3 is 15.4 Å². The molecule has 1 aromatic carbocycles. The molecular formula is C16H19N3O5. The van der Waals surface area contributed by atoms with Crippen LogP contribution in [0.3, 0.4) is 0 Å². The molecule has 24 heavy (non-hydrogen) atoms. The summed E-state index contributed by atoms with van der Waals surface area (Å²) in [5, 5.41) is 11.9. The first-order valence-corrected chi connectivity index (χ1v) is 7.46. The number of hydrogen-bond acceptors (Lipinski definition) is 4. The van der Waals surface area contributed by atoms with Gasteiger partial charge in [-0.15, -0.1) is 0 Å². The molecule has 3 N–H and O–H groups in total. The van der Waals surface area contributed by atoms with E-state index in [0.717, 1.165) is 4.57 Å². The predicted molar refractivity (Wildman–Crippen MR) is 88.3 cm³/mol. The molecule has 0 aliphatic carbocycles. The first-order valence-electron chi connectivity index (χ1n) is 7.46. The number of nitrogens with zero attached hydrogens (tertiary/aromatic N) is 1. The van der Waals surface area contributed by atoms with Crippen LogP contribution in [0, 0.1) is 5.41 Å². The fourth-order valence-corrected chi connectivity index (χ4v) is 2.16. The van der Waals surface area contributed by atoms with Gasteiger partial charge in [0.2, 0.25) is 0 Å². The van der Waals surface area contributed by atoms with Crippen molar-refractivity contribution < 1.29 is 14.7 Å². The number of carboxylic acids is 1. The number of carboxylic acid groups (broad SMARTS) is 1. The summed E-state index contributed by atoms with van der Waals surface area (Å²) in [7, 11) is 0. The summed E-state index contributed by atoms with van der Waals surface area (Å²) < 4.78 is 1.07. The maximum atomic E-state index is 12.2. The van der Waals surface area contributed by atoms with E-state index < -0.39 is 28.5 Å². The molecule has 0 fully saturated rings. The third kappa shape index (κ3) is 3.22. The van der Waals surface area contributed by atoms with E-state index in [9.17, 15) is 19.2 Å². The Hall–Kier alpha value is -2.90. The minimum atomic E-state index is -1.10. The van der Waals surface area contributed by atoms with Gasteiger partial charge in [-0.25, -0.2) is 4.79 Å². The average Bonchev–Trinajstić information content (AvgIpc) is 2.52. The van der Waals surface area contributed by atoms with Crippen LogP contribution in [-0.4, -0.2) is 33.1 Å². The number of carbonyl (C=O) groups excluding carboxylic acids is 1. The number of nitrogens with one attached hydrogen (secondary N) is 2. The Morgan fingerprint density at radius 3 is 2.54 bits per heavy atom. The van der Waals surface area contributed by atoms with Gasteiger partial charge in [0.1, 0.15) is 0 Å². The third-order valence-electron chi connectivity index (χ3n) is 3.83. The molecule has 0 radical (unpaired) electrons. The number of hydrogen-bond donors (Lipinski definition) is 3. The number of aromatic nitrogens is 2. The van der Waals surface area contributed by atoms with Crippen LogP contribution in [-0.2, 0) is 11.3 Å². The molecule has 1 amide bonds. The van der Waals surface area contributed by atoms with E-state index in [-0.39, 0.29) is 24.2 Å². The highest BCUT2D eigenvalue weighted by atomic mass is 16.4. The van der Waals surface area contributed by atoms with E-state index in [0.29, 0.717) is 5.39 Å². The van der Waals surface area contributed by atoms with Crippen molar-refractivity contribution in [2.75, 3.05) is 6.54 Å². The van der Waals surface area contributed by atoms with Crippen molar-refractivity contribution in [2.24, 2.45) is 5.41 Å². The smallest absolute Gasteiger partial charge is 0.328 e. The highest BCUT2D eigenvalue weighted by molar-refractivity contribution is 5.97. The summed E-state index contributed by atoms with van der Waals surface area (Å²) in [6, 6.07) is 4.34. The molecule has 128 valence electrons. The second-order valence-corrected chi connectivity index (χ2v) is 6.11. The lowest BCUT2D eigenvalue weighted by Crippen LogP contribution is -2.39. The van der Waals surface area contributed by atoms with Gasteiger partial charge in [0.15, 0.2) is 0 Å². The van der Waals surface area contributed by atoms with E-state index in [2.05, 4.69) is 10.3 Å². The molecule has 8 nitrogen and oxygen atoms in total. The lowest BCUT2D eigenvalue weighted by atomic mass is 9.94. The van der Waals surface area contributed by atoms with Crippen LogP contribution in [0.1, 0.15) is 31.1 Å². The number of amides is 1. The van der Waals surface area contributed by atoms with Crippen molar-refractivity contribution >= 4 is 22.8 Å². The first-order chi connectivity index (χ1) is 11.2. The van der Waals surface area contributed by atoms with E-state index in [1.165, 1.54) is 32.0 Å². The van der Waals surface area contributed by atoms with Crippen LogP contribution in [0.2, 0.25) is 0 Å². The molecule has 2 rings (SSSR count). The number of fused-ring (bicyclic) bond motifs is 1. The van der Waals surface area contributed by atoms with Gasteiger partial charge in [-0.05, 0) is 39.0 Å². The molecule has 1 aromatic heterocycles. The number of rotatable bonds is 5. The van der Waals surface area contributed by atoms with Crippen molar-refractivity contribution in [2.45, 2.75) is 27.3 Å². The molecule has 0 saturated carbocycles. The minimum absolute atomic E-state index is 0.0485. The Kier molecular flexibility index (Phi) is 4.59. The maximum Gasteiger partial charge on any atom is 0.328 e. The fourth-order valence-electron chi connectivity index (χ4n) is 2.16. The van der Waals surface area contributed by atoms with Crippen molar-refractivity contribution in [1.82, 2.24) is 14.9 Å². The molecule has 0 bridgehead atoms. The normalized spacial score (nSPS) is 11.5. The SMILES string of the molecule is CCn1c(=O)[nH]c2cc(C(=O)NCC(C)(C)C(=O)O)ccc2c1=O. The molecule has 1 heterocycles. The topological polar surface area (TPSA) is 121 Å². The van der Waals surface area contributed by atoms with Gasteiger partial charge in [0.25, 0.3) is 11.5 Å². The number of carbonyl (C=O) groups is 2. The van der Waals surface area contributed by atoms with Gasteiger partial charge in [-0.3, -0.25) is 19.0 Å². The van der Waals surface area contributed by atoms with Crippen LogP contribution in [0.4, 0.5) is 0 Å². The van der Waals surface area contributed by atoms with Gasteiger partial charge in [-0.2, -0.15) is 0 Å². The number of aliphatic carboxylic acids is 1. The number of benzene rings is 1. The lowest BCUT2D eigenvalue weighted by Gasteiger charge is -2.19. The molecule has 0 atom stereocenters. The largest absolute Gasteiger partial charge is 0.481 e. The second-order valence-electron chi connectivity index (χ2n) is 6.11. The number of aromatic amines is 1. The molecule has 0 aliphatic rings. The van der Waals surface area contributed by atoms with E-state index in [4.69, 9.17) is 5.11 Å². The molecular weight excluding hydrogens is 314 g/mol. The van der Waals surface area contributed by atoms with Gasteiger partial charge in [-0.1, -0.05) is 0 Å². The Labute approximate surface area is 137 Å². The molecule has 0 saturated heterocycles. The fraction of sp³-hybridized carbons (Fsp3) is 0.375. The van der Waals surface area contributed by atoms with Crippen molar-refractivity contribution in [1.29, 1.82) is 0 Å². The number of H-pyrrole nitrogens is 1. The predicted octanol–water partition coefficient (Wildman–Crippen LogP) is 0.550. The maximum absolute atomic E-state index is 12.2. The van der Waals surface area contributed by atoms with Crippen LogP contribution in [0.25, 0.3) is 10.9 Å². The summed E-state index contributed by atoms with van der Waals surface area (Å²) in [5.74, 6) is -1.50. The van der Waals surface area contributed by atoms with E-state index >= 15 is 0 Å². The molecule has 2 aromatic rings. The Bertz CT molecular complexity index is 923. The highest BCUT2D eigenvalue weighted by Crippen LogP contribution is 2.14. The lowest BCUT2D eigenvalue weighted by molar-refractivity contribution is -0.146. The summed E-state index contributed by atoms with van der Waals surface area (Å²) in [5.41, 5.74) is -1.57. The Morgan fingerprint density at radius 2 is 1.96 bits per heavy atom. The first kappa shape index (κ1) is 17.5. The molecule has 8 heteroatoms. The van der Waals surface area contributed by atoms with Crippen molar-refractivity contribution in [3.05, 3.63) is 44.6 Å². The zero-order chi connectivity index (χ0) is 18.1. The van der Waals surface area contributed by atoms with Crippen molar-refractivity contribution in [3.8, 4) is 0 Å². The third-order valence-corrected chi connectivity index (χ3v) is 3.83. The second kappa shape index (κ2) is 6.31. The molecule has 0 aliphatic heterocycles. The standard InChI is InChI=1S/C16H19N3O5/c1-4-19-13(21)10-6-5-9(7-11(10)18-15(19)24)12(20)17-8-16(2,3)14(22)23/h5-7H,4,8H2,1-3H3,(H,17,20)(H,18,24)(H,22,23). The quantitative estimate of drug-likeness (QED) is 0.738. The average molecular weight is 333 g/mol. The van der Waals surface area contributed by atoms with Gasteiger partial charge in [0, 0.05) is 18.7 Å². The molecule has 0 spiro atoms. The van der Waals surface area contributed by atoms with Crippen LogP contribution in [0.15, 0.2) is 27.8 Å². The zero-order valence-corrected chi connectivity index (χ0v) is 13.7. The van der Waals surface area contributed by atoms with Crippen molar-refractivity contribution in [3.63, 3.8) is 0 Å². The Morgan fingerprint density at radius 1 is 1.29 bits per heavy atom. The van der Waals surface area contributed by atoms with E-state index in [1.54, 1.807) is 6.92 Å². The van der Waals surface area contributed by atoms with Crippen LogP contribution < -0.4 is 16.6 Å². The van der Waals surface area contributed by atoms with Gasteiger partial charge in [0.05, 0.1) is 16.3 Å². The molecule has 0 unspecified atom stereocenters. The summed E-state index contributed by atoms with van der Waals surface area (Å²) in [6.45, 7) is 4.89. The summed E-state index contributed by atoms with van der Waals surface area (Å²) in [4.78, 5) is 49.8. The van der Waals surface area contributed by atoms with Gasteiger partial charge >= 0.3 is 11.7 Å². The van der Waals surface area contributed by atoms with Crippen LogP contribution >= 0.6 is 0 Å². The summed E-state index contributed by atoms with van der Waals surface area (Å²) in [6.07, 6.45) is 0.